The van der Waals surface area contributed by atoms with Crippen molar-refractivity contribution >= 4 is 11.9 Å². The van der Waals surface area contributed by atoms with Crippen molar-refractivity contribution in [3.05, 3.63) is 18.5 Å². The molecule has 2 heterocycles. The van der Waals surface area contributed by atoms with Crippen molar-refractivity contribution in [3.8, 4) is 0 Å². The van der Waals surface area contributed by atoms with Crippen molar-refractivity contribution in [3.63, 3.8) is 0 Å². The zero-order valence-electron chi connectivity index (χ0n) is 15.4. The highest BCUT2D eigenvalue weighted by atomic mass is 19.4. The summed E-state index contributed by atoms with van der Waals surface area (Å²) in [5.74, 6) is -39.6. The van der Waals surface area contributed by atoms with Crippen LogP contribution >= 0.6 is 0 Å². The summed E-state index contributed by atoms with van der Waals surface area (Å²) in [5.41, 5.74) is 0. The van der Waals surface area contributed by atoms with Crippen LogP contribution in [-0.2, 0) is 4.79 Å². The molecule has 0 aromatic carbocycles. The maximum absolute atomic E-state index is 14.0. The molecule has 182 valence electrons. The molecule has 0 bridgehead atoms. The van der Waals surface area contributed by atoms with Crippen LogP contribution in [0.15, 0.2) is 18.5 Å². The molecule has 1 aromatic rings. The van der Waals surface area contributed by atoms with E-state index < -0.39 is 55.0 Å². The molecule has 2 rings (SSSR count). The number of nitrogens with zero attached hydrogens (tertiary/aromatic N) is 4. The quantitative estimate of drug-likeness (QED) is 0.547. The molecule has 1 fully saturated rings. The van der Waals surface area contributed by atoms with Gasteiger partial charge in [0.25, 0.3) is 5.91 Å². The van der Waals surface area contributed by atoms with Gasteiger partial charge in [0.1, 0.15) is 0 Å². The summed E-state index contributed by atoms with van der Waals surface area (Å²) in [6.45, 7) is -2.35. The van der Waals surface area contributed by atoms with Gasteiger partial charge in [-0.15, -0.1) is 0 Å². The first kappa shape index (κ1) is 25.8. The third-order valence-corrected chi connectivity index (χ3v) is 4.55. The van der Waals surface area contributed by atoms with E-state index in [9.17, 15) is 57.5 Å². The van der Waals surface area contributed by atoms with E-state index in [-0.39, 0.29) is 23.9 Å². The molecule has 17 heteroatoms. The lowest BCUT2D eigenvalue weighted by atomic mass is 9.93. The van der Waals surface area contributed by atoms with Gasteiger partial charge >= 0.3 is 36.0 Å². The Hall–Kier alpha value is -2.49. The lowest BCUT2D eigenvalue weighted by Crippen LogP contribution is -2.71. The van der Waals surface area contributed by atoms with Crippen LogP contribution in [0.25, 0.3) is 0 Å². The van der Waals surface area contributed by atoms with Gasteiger partial charge in [0.15, 0.2) is 0 Å². The predicted octanol–water partition coefficient (Wildman–Crippen LogP) is 3.57. The zero-order valence-corrected chi connectivity index (χ0v) is 15.4. The summed E-state index contributed by atoms with van der Waals surface area (Å²) in [4.78, 5) is 20.6. The Kier molecular flexibility index (Phi) is 6.55. The Bertz CT molecular complexity index is 812. The molecule has 5 nitrogen and oxygen atoms in total. The number of carbonyl (C=O) groups excluding carboxylic acids is 1. The lowest BCUT2D eigenvalue weighted by molar-refractivity contribution is -0.407. The Labute approximate surface area is 171 Å². The average molecular weight is 492 g/mol. The molecule has 0 spiro atoms. The number of alkyl halides is 12. The third-order valence-electron chi connectivity index (χ3n) is 4.55. The SMILES string of the molecule is O=C(N1CCN(c2ncccn2)CC1)C(F)(F)C(F)(F)C(F)(F)C(F)(F)C(F)(F)C(F)F. The molecule has 0 saturated carbocycles. The highest BCUT2D eigenvalue weighted by molar-refractivity contribution is 5.85. The molecule has 0 atom stereocenters. The van der Waals surface area contributed by atoms with Gasteiger partial charge < -0.3 is 9.80 Å². The second-order valence-corrected chi connectivity index (χ2v) is 6.55. The monoisotopic (exact) mass is 492 g/mol. The van der Waals surface area contributed by atoms with Crippen LogP contribution in [-0.4, -0.2) is 83.0 Å². The first-order valence-electron chi connectivity index (χ1n) is 8.41. The summed E-state index contributed by atoms with van der Waals surface area (Å²) < 4.78 is 159. The second-order valence-electron chi connectivity index (χ2n) is 6.55. The van der Waals surface area contributed by atoms with Crippen molar-refractivity contribution in [1.82, 2.24) is 14.9 Å². The fourth-order valence-electron chi connectivity index (χ4n) is 2.64. The van der Waals surface area contributed by atoms with Crippen LogP contribution in [0.2, 0.25) is 0 Å². The topological polar surface area (TPSA) is 49.3 Å². The number of piperazine rings is 1. The molecule has 32 heavy (non-hydrogen) atoms. The highest BCUT2D eigenvalue weighted by Crippen LogP contribution is 2.58. The predicted molar refractivity (Wildman–Crippen MR) is 81.6 cm³/mol. The van der Waals surface area contributed by atoms with Gasteiger partial charge in [-0.25, -0.2) is 18.7 Å². The van der Waals surface area contributed by atoms with E-state index in [0.717, 1.165) is 0 Å². The number of halogens is 12. The molecule has 1 saturated heterocycles. The van der Waals surface area contributed by atoms with Crippen LogP contribution < -0.4 is 4.90 Å². The standard InChI is InChI=1S/C15H12F12N4O/c16-8(17)11(18,19)13(22,23)15(26,27)14(24,25)12(20,21)9(32)30-4-6-31(7-5-30)10-28-2-1-3-29-10/h1-3,8H,4-7H2. The van der Waals surface area contributed by atoms with Gasteiger partial charge in [-0.1, -0.05) is 0 Å². The number of hydrogen-bond donors (Lipinski definition) is 0. The molecule has 0 unspecified atom stereocenters. The lowest BCUT2D eigenvalue weighted by Gasteiger charge is -2.41. The van der Waals surface area contributed by atoms with Gasteiger partial charge in [0, 0.05) is 38.6 Å². The van der Waals surface area contributed by atoms with Crippen LogP contribution in [0.4, 0.5) is 58.6 Å². The summed E-state index contributed by atoms with van der Waals surface area (Å²) in [6.07, 6.45) is -3.03. The van der Waals surface area contributed by atoms with E-state index in [1.165, 1.54) is 23.4 Å². The summed E-state index contributed by atoms with van der Waals surface area (Å²) >= 11 is 0. The van der Waals surface area contributed by atoms with E-state index >= 15 is 0 Å². The van der Waals surface area contributed by atoms with E-state index in [2.05, 4.69) is 9.97 Å². The fourth-order valence-corrected chi connectivity index (χ4v) is 2.64. The van der Waals surface area contributed by atoms with Crippen LogP contribution in [0.5, 0.6) is 0 Å². The maximum Gasteiger partial charge on any atom is 0.392 e. The molecule has 1 amide bonds. The van der Waals surface area contributed by atoms with Crippen molar-refractivity contribution in [2.45, 2.75) is 36.0 Å². The summed E-state index contributed by atoms with van der Waals surface area (Å²) in [6, 6.07) is 1.42. The normalized spacial score (nSPS) is 17.2. The van der Waals surface area contributed by atoms with Crippen LogP contribution in [0, 0.1) is 0 Å². The fraction of sp³-hybridized carbons (Fsp3) is 0.667. The average Bonchev–Trinajstić information content (AvgIpc) is 2.73. The van der Waals surface area contributed by atoms with Crippen LogP contribution in [0.1, 0.15) is 0 Å². The smallest absolute Gasteiger partial charge is 0.337 e. The molecule has 1 aromatic heterocycles. The number of rotatable bonds is 7. The number of amides is 1. The van der Waals surface area contributed by atoms with Gasteiger partial charge in [-0.3, -0.25) is 4.79 Å². The number of anilines is 1. The molecule has 0 radical (unpaired) electrons. The van der Waals surface area contributed by atoms with E-state index in [4.69, 9.17) is 0 Å². The Morgan fingerprint density at radius 3 is 1.69 bits per heavy atom. The first-order valence-corrected chi connectivity index (χ1v) is 8.41. The minimum atomic E-state index is -7.74. The Morgan fingerprint density at radius 2 is 1.25 bits per heavy atom. The molecular weight excluding hydrogens is 480 g/mol. The van der Waals surface area contributed by atoms with Gasteiger partial charge in [-0.05, 0) is 6.07 Å². The number of carbonyl (C=O) groups is 1. The summed E-state index contributed by atoms with van der Waals surface area (Å²) in [7, 11) is 0. The Balaban J connectivity index is 2.26. The van der Waals surface area contributed by atoms with Gasteiger partial charge in [0.05, 0.1) is 0 Å². The van der Waals surface area contributed by atoms with Crippen molar-refractivity contribution in [1.29, 1.82) is 0 Å². The Morgan fingerprint density at radius 1 is 0.781 bits per heavy atom. The van der Waals surface area contributed by atoms with Gasteiger partial charge in [0.2, 0.25) is 5.95 Å². The minimum absolute atomic E-state index is 0.0390. The van der Waals surface area contributed by atoms with Crippen LogP contribution in [0.3, 0.4) is 0 Å². The highest BCUT2D eigenvalue weighted by Gasteiger charge is 2.89. The number of hydrogen-bond acceptors (Lipinski definition) is 4. The second kappa shape index (κ2) is 8.13. The van der Waals surface area contributed by atoms with E-state index in [1.807, 2.05) is 0 Å². The largest absolute Gasteiger partial charge is 0.392 e. The molecular formula is C15H12F12N4O. The molecule has 1 aliphatic heterocycles. The van der Waals surface area contributed by atoms with Crippen molar-refractivity contribution < 1.29 is 57.5 Å². The van der Waals surface area contributed by atoms with E-state index in [0.29, 0.717) is 0 Å². The van der Waals surface area contributed by atoms with Crippen molar-refractivity contribution in [2.24, 2.45) is 0 Å². The zero-order chi connectivity index (χ0) is 24.8. The minimum Gasteiger partial charge on any atom is -0.337 e. The number of aromatic nitrogens is 2. The molecule has 0 aliphatic carbocycles. The molecule has 0 N–H and O–H groups in total. The maximum atomic E-state index is 14.0. The summed E-state index contributed by atoms with van der Waals surface area (Å²) in [5, 5.41) is 0. The van der Waals surface area contributed by atoms with Gasteiger partial charge in [-0.2, -0.15) is 43.9 Å². The molecule has 1 aliphatic rings. The first-order chi connectivity index (χ1) is 14.4. The van der Waals surface area contributed by atoms with Crippen molar-refractivity contribution in [2.75, 3.05) is 31.1 Å². The van der Waals surface area contributed by atoms with E-state index in [1.54, 1.807) is 0 Å². The third kappa shape index (κ3) is 3.78.